The van der Waals surface area contributed by atoms with Crippen LogP contribution in [0.3, 0.4) is 0 Å². The number of aromatic nitrogens is 1. The Balaban J connectivity index is 1.65. The minimum Gasteiger partial charge on any atom is -0.441 e. The number of rotatable bonds is 6. The maximum atomic E-state index is 5.84. The SMILES string of the molecule is CC=CC=Cc1ccc(CCc2nc(-c3ccccc3)oc2C)cc1. The smallest absolute Gasteiger partial charge is 0.226 e. The second-order valence-corrected chi connectivity index (χ2v) is 6.01. The van der Waals surface area contributed by atoms with Gasteiger partial charge < -0.3 is 4.42 Å². The number of hydrogen-bond acceptors (Lipinski definition) is 2. The van der Waals surface area contributed by atoms with Crippen molar-refractivity contribution in [1.29, 1.82) is 0 Å². The first-order valence-electron chi connectivity index (χ1n) is 8.66. The molecule has 0 spiro atoms. The van der Waals surface area contributed by atoms with Crippen LogP contribution in [0.2, 0.25) is 0 Å². The van der Waals surface area contributed by atoms with Gasteiger partial charge in [0.1, 0.15) is 5.76 Å². The van der Waals surface area contributed by atoms with Crippen LogP contribution >= 0.6 is 0 Å². The van der Waals surface area contributed by atoms with Gasteiger partial charge in [-0.15, -0.1) is 0 Å². The summed E-state index contributed by atoms with van der Waals surface area (Å²) in [4.78, 5) is 4.68. The number of benzene rings is 2. The van der Waals surface area contributed by atoms with Gasteiger partial charge in [-0.05, 0) is 49.9 Å². The second-order valence-electron chi connectivity index (χ2n) is 6.01. The first-order chi connectivity index (χ1) is 12.3. The molecule has 1 heterocycles. The van der Waals surface area contributed by atoms with E-state index in [1.807, 2.05) is 56.3 Å². The van der Waals surface area contributed by atoms with E-state index in [2.05, 4.69) is 41.4 Å². The van der Waals surface area contributed by atoms with Gasteiger partial charge in [0.15, 0.2) is 0 Å². The van der Waals surface area contributed by atoms with Gasteiger partial charge in [-0.3, -0.25) is 0 Å². The molecule has 0 fully saturated rings. The lowest BCUT2D eigenvalue weighted by molar-refractivity contribution is 0.539. The zero-order valence-corrected chi connectivity index (χ0v) is 14.8. The monoisotopic (exact) mass is 329 g/mol. The quantitative estimate of drug-likeness (QED) is 0.516. The molecule has 0 amide bonds. The number of allylic oxidation sites excluding steroid dienone is 3. The normalized spacial score (nSPS) is 11.6. The first-order valence-corrected chi connectivity index (χ1v) is 8.66. The molecule has 0 aliphatic carbocycles. The second kappa shape index (κ2) is 8.29. The van der Waals surface area contributed by atoms with Crippen LogP contribution in [0.5, 0.6) is 0 Å². The molecular formula is C23H23NO. The molecule has 0 aliphatic rings. The van der Waals surface area contributed by atoms with Crippen LogP contribution in [-0.4, -0.2) is 4.98 Å². The Labute approximate surface area is 149 Å². The van der Waals surface area contributed by atoms with E-state index >= 15 is 0 Å². The Morgan fingerprint density at radius 3 is 2.40 bits per heavy atom. The van der Waals surface area contributed by atoms with E-state index in [-0.39, 0.29) is 0 Å². The van der Waals surface area contributed by atoms with Crippen molar-refractivity contribution in [2.45, 2.75) is 26.7 Å². The number of aryl methyl sites for hydroxylation is 3. The predicted octanol–water partition coefficient (Wildman–Crippen LogP) is 6.02. The Kier molecular flexibility index (Phi) is 5.63. The highest BCUT2D eigenvalue weighted by molar-refractivity contribution is 5.53. The summed E-state index contributed by atoms with van der Waals surface area (Å²) >= 11 is 0. The third-order valence-corrected chi connectivity index (χ3v) is 4.14. The summed E-state index contributed by atoms with van der Waals surface area (Å²) in [5.41, 5.74) is 4.59. The van der Waals surface area contributed by atoms with E-state index in [1.54, 1.807) is 0 Å². The molecule has 3 aromatic rings. The van der Waals surface area contributed by atoms with Gasteiger partial charge in [-0.25, -0.2) is 4.98 Å². The van der Waals surface area contributed by atoms with Gasteiger partial charge in [-0.2, -0.15) is 0 Å². The van der Waals surface area contributed by atoms with Crippen LogP contribution < -0.4 is 0 Å². The Morgan fingerprint density at radius 1 is 0.920 bits per heavy atom. The molecule has 0 aliphatic heterocycles. The lowest BCUT2D eigenvalue weighted by Crippen LogP contribution is -1.93. The molecule has 2 heteroatoms. The summed E-state index contributed by atoms with van der Waals surface area (Å²) in [5, 5.41) is 0. The predicted molar refractivity (Wildman–Crippen MR) is 104 cm³/mol. The topological polar surface area (TPSA) is 26.0 Å². The van der Waals surface area contributed by atoms with Gasteiger partial charge in [0.25, 0.3) is 0 Å². The summed E-state index contributed by atoms with van der Waals surface area (Å²) in [6.45, 7) is 4.01. The maximum Gasteiger partial charge on any atom is 0.226 e. The van der Waals surface area contributed by atoms with Gasteiger partial charge in [0.05, 0.1) is 5.69 Å². The zero-order valence-electron chi connectivity index (χ0n) is 14.8. The third kappa shape index (κ3) is 4.57. The minimum absolute atomic E-state index is 0.706. The summed E-state index contributed by atoms with van der Waals surface area (Å²) in [6, 6.07) is 18.7. The summed E-state index contributed by atoms with van der Waals surface area (Å²) < 4.78 is 5.84. The molecule has 1 aromatic heterocycles. The van der Waals surface area contributed by atoms with E-state index < -0.39 is 0 Å². The van der Waals surface area contributed by atoms with E-state index in [9.17, 15) is 0 Å². The third-order valence-electron chi connectivity index (χ3n) is 4.14. The number of nitrogens with zero attached hydrogens (tertiary/aromatic N) is 1. The lowest BCUT2D eigenvalue weighted by Gasteiger charge is -2.01. The molecule has 25 heavy (non-hydrogen) atoms. The van der Waals surface area contributed by atoms with Gasteiger partial charge in [0.2, 0.25) is 5.89 Å². The van der Waals surface area contributed by atoms with Crippen LogP contribution in [0.15, 0.2) is 77.2 Å². The first kappa shape index (κ1) is 17.0. The fourth-order valence-electron chi connectivity index (χ4n) is 2.70. The van der Waals surface area contributed by atoms with Crippen LogP contribution in [0, 0.1) is 6.92 Å². The molecule has 0 radical (unpaired) electrons. The fraction of sp³-hybridized carbons (Fsp3) is 0.174. The van der Waals surface area contributed by atoms with Crippen molar-refractivity contribution < 1.29 is 4.42 Å². The molecule has 0 N–H and O–H groups in total. The highest BCUT2D eigenvalue weighted by atomic mass is 16.4. The van der Waals surface area contributed by atoms with Crippen molar-refractivity contribution in [3.8, 4) is 11.5 Å². The van der Waals surface area contributed by atoms with Gasteiger partial charge in [-0.1, -0.05) is 66.8 Å². The van der Waals surface area contributed by atoms with Gasteiger partial charge >= 0.3 is 0 Å². The number of oxazole rings is 1. The van der Waals surface area contributed by atoms with Crippen molar-refractivity contribution in [2.75, 3.05) is 0 Å². The van der Waals surface area contributed by atoms with E-state index in [0.717, 1.165) is 29.9 Å². The van der Waals surface area contributed by atoms with Crippen molar-refractivity contribution in [1.82, 2.24) is 4.98 Å². The van der Waals surface area contributed by atoms with Crippen LogP contribution in [-0.2, 0) is 12.8 Å². The van der Waals surface area contributed by atoms with Crippen molar-refractivity contribution in [3.05, 3.63) is 95.4 Å². The summed E-state index contributed by atoms with van der Waals surface area (Å²) in [7, 11) is 0. The van der Waals surface area contributed by atoms with Crippen LogP contribution in [0.4, 0.5) is 0 Å². The molecule has 0 unspecified atom stereocenters. The highest BCUT2D eigenvalue weighted by Crippen LogP contribution is 2.22. The van der Waals surface area contributed by atoms with Crippen LogP contribution in [0.25, 0.3) is 17.5 Å². The van der Waals surface area contributed by atoms with Crippen molar-refractivity contribution >= 4 is 6.08 Å². The molecule has 0 saturated carbocycles. The molecule has 2 aromatic carbocycles. The highest BCUT2D eigenvalue weighted by Gasteiger charge is 2.11. The summed E-state index contributed by atoms with van der Waals surface area (Å²) in [6.07, 6.45) is 10.1. The molecule has 2 nitrogen and oxygen atoms in total. The molecule has 0 bridgehead atoms. The molecule has 0 saturated heterocycles. The summed E-state index contributed by atoms with van der Waals surface area (Å²) in [5.74, 6) is 1.61. The van der Waals surface area contributed by atoms with E-state index in [0.29, 0.717) is 5.89 Å². The Hall–Kier alpha value is -2.87. The molecule has 0 atom stereocenters. The Morgan fingerprint density at radius 2 is 1.68 bits per heavy atom. The fourth-order valence-corrected chi connectivity index (χ4v) is 2.70. The Bertz CT molecular complexity index is 855. The molecular weight excluding hydrogens is 306 g/mol. The molecule has 126 valence electrons. The van der Waals surface area contributed by atoms with Crippen molar-refractivity contribution in [2.24, 2.45) is 0 Å². The maximum absolute atomic E-state index is 5.84. The standard InChI is InChI=1S/C23H23NO/c1-3-4-6-9-19-12-14-20(15-13-19)16-17-22-18(2)25-23(24-22)21-10-7-5-8-11-21/h3-15H,16-17H2,1-2H3. The average Bonchev–Trinajstić information content (AvgIpc) is 3.03. The van der Waals surface area contributed by atoms with E-state index in [1.165, 1.54) is 11.1 Å². The number of hydrogen-bond donors (Lipinski definition) is 0. The largest absolute Gasteiger partial charge is 0.441 e. The lowest BCUT2D eigenvalue weighted by atomic mass is 10.1. The van der Waals surface area contributed by atoms with Gasteiger partial charge in [0, 0.05) is 5.56 Å². The van der Waals surface area contributed by atoms with Crippen molar-refractivity contribution in [3.63, 3.8) is 0 Å². The average molecular weight is 329 g/mol. The minimum atomic E-state index is 0.706. The van der Waals surface area contributed by atoms with E-state index in [4.69, 9.17) is 4.42 Å². The van der Waals surface area contributed by atoms with Crippen LogP contribution in [0.1, 0.15) is 29.5 Å². The zero-order chi connectivity index (χ0) is 17.5. The molecule has 3 rings (SSSR count).